The van der Waals surface area contributed by atoms with Gasteiger partial charge in [0.15, 0.2) is 21.4 Å². The van der Waals surface area contributed by atoms with E-state index >= 15 is 0 Å². The number of aryl methyl sites for hydroxylation is 1. The molecule has 2 N–H and O–H groups in total. The first kappa shape index (κ1) is 26.5. The molecule has 0 aliphatic rings. The number of thiazole rings is 1. The van der Waals surface area contributed by atoms with Crippen LogP contribution in [-0.4, -0.2) is 35.7 Å². The van der Waals surface area contributed by atoms with Crippen molar-refractivity contribution in [2.45, 2.75) is 24.2 Å². The summed E-state index contributed by atoms with van der Waals surface area (Å²) in [6.45, 7) is 0. The van der Waals surface area contributed by atoms with Gasteiger partial charge in [0.25, 0.3) is 0 Å². The van der Waals surface area contributed by atoms with Crippen LogP contribution in [0.25, 0.3) is 21.5 Å². The van der Waals surface area contributed by atoms with Crippen molar-refractivity contribution < 1.29 is 31.8 Å². The molecular weight excluding hydrogens is 546 g/mol. The van der Waals surface area contributed by atoms with E-state index in [0.717, 1.165) is 29.5 Å². The van der Waals surface area contributed by atoms with Gasteiger partial charge in [0.2, 0.25) is 0 Å². The van der Waals surface area contributed by atoms with Crippen molar-refractivity contribution >= 4 is 38.0 Å². The summed E-state index contributed by atoms with van der Waals surface area (Å²) in [7, 11) is -3.88. The lowest BCUT2D eigenvalue weighted by molar-refractivity contribution is -0.136. The summed E-state index contributed by atoms with van der Waals surface area (Å²) in [5, 5.41) is 11.4. The third-order valence-electron chi connectivity index (χ3n) is 6.03. The predicted octanol–water partition coefficient (Wildman–Crippen LogP) is 6.37. The van der Waals surface area contributed by atoms with Crippen LogP contribution < -0.4 is 4.74 Å². The number of rotatable bonds is 9. The van der Waals surface area contributed by atoms with E-state index in [1.807, 2.05) is 24.3 Å². The van der Waals surface area contributed by atoms with Crippen LogP contribution in [0.1, 0.15) is 23.2 Å². The molecule has 0 spiro atoms. The summed E-state index contributed by atoms with van der Waals surface area (Å²) in [5.74, 6) is -2.72. The average Bonchev–Trinajstić information content (AvgIpc) is 3.53. The Hall–Kier alpha value is -4.09. The van der Waals surface area contributed by atoms with Crippen LogP contribution in [0.3, 0.4) is 0 Å². The highest BCUT2D eigenvalue weighted by Crippen LogP contribution is 2.39. The van der Waals surface area contributed by atoms with Crippen molar-refractivity contribution in [1.82, 2.24) is 9.97 Å². The van der Waals surface area contributed by atoms with Crippen molar-refractivity contribution in [1.29, 1.82) is 0 Å². The van der Waals surface area contributed by atoms with Crippen molar-refractivity contribution in [3.8, 4) is 22.1 Å². The Balaban J connectivity index is 1.43. The minimum atomic E-state index is -3.88. The Morgan fingerprint density at radius 2 is 1.87 bits per heavy atom. The Kier molecular flexibility index (Phi) is 7.19. The molecule has 0 saturated heterocycles. The number of carboxylic acids is 1. The smallest absolute Gasteiger partial charge is 0.303 e. The van der Waals surface area contributed by atoms with Gasteiger partial charge in [0.1, 0.15) is 21.5 Å². The molecule has 7 nitrogen and oxygen atoms in total. The molecule has 5 rings (SSSR count). The lowest BCUT2D eigenvalue weighted by atomic mass is 10.0. The van der Waals surface area contributed by atoms with E-state index < -0.39 is 33.2 Å². The Morgan fingerprint density at radius 3 is 2.64 bits per heavy atom. The summed E-state index contributed by atoms with van der Waals surface area (Å²) < 4.78 is 60.6. The Bertz CT molecular complexity index is 1810. The number of fused-ring (bicyclic) bond motifs is 1. The first-order valence-corrected chi connectivity index (χ1v) is 14.6. The van der Waals surface area contributed by atoms with Crippen LogP contribution in [0.4, 0.5) is 8.78 Å². The highest BCUT2D eigenvalue weighted by atomic mass is 32.2. The van der Waals surface area contributed by atoms with Gasteiger partial charge in [-0.3, -0.25) is 4.79 Å². The van der Waals surface area contributed by atoms with Gasteiger partial charge in [-0.25, -0.2) is 22.2 Å². The predicted molar refractivity (Wildman–Crippen MR) is 144 cm³/mol. The number of nitrogens with zero attached hydrogens (tertiary/aromatic N) is 1. The minimum absolute atomic E-state index is 0.0383. The molecule has 0 atom stereocenters. The molecule has 39 heavy (non-hydrogen) atoms. The summed E-state index contributed by atoms with van der Waals surface area (Å²) in [6.07, 6.45) is 3.40. The standard InChI is InChI=1S/C28H22F2N2O5S2/c1-39(35,36)27-20-9-10-31-24(20)14-23(30)26(27)37-19-6-7-22(29)21(13-19)28-32-18(15-38-28)12-17-4-2-3-16(11-17)5-8-25(33)34/h2-4,6-7,9-11,13-15,31H,5,8,12H2,1H3,(H,33,34). The lowest BCUT2D eigenvalue weighted by Crippen LogP contribution is -2.03. The first-order valence-electron chi connectivity index (χ1n) is 11.8. The number of carboxylic acid groups (broad SMARTS) is 1. The largest absolute Gasteiger partial charge is 0.481 e. The molecular formula is C28H22F2N2O5S2. The van der Waals surface area contributed by atoms with Crippen molar-refractivity contribution in [3.05, 3.63) is 94.6 Å². The van der Waals surface area contributed by atoms with Gasteiger partial charge in [0.05, 0.1) is 5.69 Å². The maximum atomic E-state index is 15.0. The number of aliphatic carboxylic acids is 1. The lowest BCUT2D eigenvalue weighted by Gasteiger charge is -2.13. The maximum absolute atomic E-state index is 15.0. The summed E-state index contributed by atoms with van der Waals surface area (Å²) in [5.41, 5.74) is 2.97. The molecule has 0 bridgehead atoms. The third-order valence-corrected chi connectivity index (χ3v) is 8.10. The van der Waals surface area contributed by atoms with Crippen molar-refractivity contribution in [2.24, 2.45) is 0 Å². The van der Waals surface area contributed by atoms with E-state index in [9.17, 15) is 22.0 Å². The second-order valence-corrected chi connectivity index (χ2v) is 11.8. The van der Waals surface area contributed by atoms with E-state index in [-0.39, 0.29) is 28.0 Å². The van der Waals surface area contributed by atoms with Gasteiger partial charge in [-0.1, -0.05) is 24.3 Å². The molecule has 0 fully saturated rings. The Labute approximate surface area is 226 Å². The van der Waals surface area contributed by atoms with Gasteiger partial charge in [-0.15, -0.1) is 11.3 Å². The van der Waals surface area contributed by atoms with Crippen molar-refractivity contribution in [3.63, 3.8) is 0 Å². The quantitative estimate of drug-likeness (QED) is 0.214. The molecule has 0 radical (unpaired) electrons. The highest BCUT2D eigenvalue weighted by Gasteiger charge is 2.25. The Morgan fingerprint density at radius 1 is 1.08 bits per heavy atom. The molecule has 0 saturated carbocycles. The molecule has 0 unspecified atom stereocenters. The number of hydrogen-bond donors (Lipinski definition) is 2. The normalized spacial score (nSPS) is 11.7. The van der Waals surface area contributed by atoms with E-state index in [0.29, 0.717) is 29.1 Å². The second-order valence-electron chi connectivity index (χ2n) is 9.01. The monoisotopic (exact) mass is 568 g/mol. The number of aromatic amines is 1. The topological polar surface area (TPSA) is 109 Å². The number of hydrogen-bond acceptors (Lipinski definition) is 6. The fourth-order valence-electron chi connectivity index (χ4n) is 4.30. The number of benzene rings is 3. The van der Waals surface area contributed by atoms with Gasteiger partial charge >= 0.3 is 5.97 Å². The molecule has 0 aliphatic heterocycles. The van der Waals surface area contributed by atoms with Crippen LogP contribution in [0.15, 0.2) is 71.1 Å². The minimum Gasteiger partial charge on any atom is -0.481 e. The second kappa shape index (κ2) is 10.6. The molecule has 3 aromatic carbocycles. The fourth-order valence-corrected chi connectivity index (χ4v) is 6.19. The number of halogens is 2. The molecule has 200 valence electrons. The molecule has 2 aromatic heterocycles. The van der Waals surface area contributed by atoms with Crippen LogP contribution >= 0.6 is 11.3 Å². The van der Waals surface area contributed by atoms with Crippen LogP contribution in [0, 0.1) is 11.6 Å². The fraction of sp³-hybridized carbons (Fsp3) is 0.143. The number of H-pyrrole nitrogens is 1. The van der Waals surface area contributed by atoms with E-state index in [4.69, 9.17) is 9.84 Å². The van der Waals surface area contributed by atoms with Crippen LogP contribution in [0.5, 0.6) is 11.5 Å². The van der Waals surface area contributed by atoms with Gasteiger partial charge in [-0.2, -0.15) is 0 Å². The van der Waals surface area contributed by atoms with Gasteiger partial charge in [-0.05, 0) is 41.8 Å². The van der Waals surface area contributed by atoms with Gasteiger partial charge in [0, 0.05) is 53.2 Å². The zero-order valence-electron chi connectivity index (χ0n) is 20.6. The molecule has 0 amide bonds. The molecule has 11 heteroatoms. The van der Waals surface area contributed by atoms with E-state index in [2.05, 4.69) is 9.97 Å². The summed E-state index contributed by atoms with van der Waals surface area (Å²) in [4.78, 5) is 17.9. The number of nitrogens with one attached hydrogen (secondary N) is 1. The molecule has 5 aromatic rings. The molecule has 2 heterocycles. The first-order chi connectivity index (χ1) is 18.6. The highest BCUT2D eigenvalue weighted by molar-refractivity contribution is 7.91. The molecule has 0 aliphatic carbocycles. The van der Waals surface area contributed by atoms with E-state index in [1.165, 1.54) is 35.7 Å². The summed E-state index contributed by atoms with van der Waals surface area (Å²) >= 11 is 1.22. The zero-order valence-corrected chi connectivity index (χ0v) is 22.2. The van der Waals surface area contributed by atoms with Crippen molar-refractivity contribution in [2.75, 3.05) is 6.26 Å². The van der Waals surface area contributed by atoms with Crippen LogP contribution in [0.2, 0.25) is 0 Å². The summed E-state index contributed by atoms with van der Waals surface area (Å²) in [6, 6.07) is 14.0. The maximum Gasteiger partial charge on any atom is 0.303 e. The van der Waals surface area contributed by atoms with E-state index in [1.54, 1.807) is 5.38 Å². The third kappa shape index (κ3) is 5.84. The number of sulfone groups is 1. The van der Waals surface area contributed by atoms with Gasteiger partial charge < -0.3 is 14.8 Å². The average molecular weight is 569 g/mol. The number of aromatic nitrogens is 2. The SMILES string of the molecule is CS(=O)(=O)c1c(Oc2ccc(F)c(-c3nc(Cc4cccc(CCC(=O)O)c4)cs3)c2)c(F)cc2[nH]ccc12. The number of ether oxygens (including phenoxy) is 1. The zero-order chi connectivity index (χ0) is 27.7. The number of carbonyl (C=O) groups is 1. The van der Waals surface area contributed by atoms with Crippen LogP contribution in [-0.2, 0) is 27.5 Å².